The van der Waals surface area contributed by atoms with E-state index in [1.165, 1.54) is 11.1 Å². The Kier molecular flexibility index (Phi) is 5.82. The average molecular weight is 353 g/mol. The first-order valence-corrected chi connectivity index (χ1v) is 9.19. The molecule has 1 heterocycles. The van der Waals surface area contributed by atoms with Gasteiger partial charge in [-0.15, -0.1) is 0 Å². The summed E-state index contributed by atoms with van der Waals surface area (Å²) in [6, 6.07) is 14.3. The molecule has 4 nitrogen and oxygen atoms in total. The average Bonchev–Trinajstić information content (AvgIpc) is 3.15. The van der Waals surface area contributed by atoms with Crippen molar-refractivity contribution >= 4 is 5.91 Å². The second-order valence-electron chi connectivity index (χ2n) is 6.84. The number of rotatable bonds is 6. The molecule has 1 amide bonds. The summed E-state index contributed by atoms with van der Waals surface area (Å²) in [4.78, 5) is 14.9. The molecule has 2 aromatic rings. The number of ether oxygens (including phenoxy) is 2. The molecule has 1 saturated heterocycles. The first-order valence-electron chi connectivity index (χ1n) is 9.19. The minimum absolute atomic E-state index is 0.0841. The Hall–Kier alpha value is -2.49. The third kappa shape index (κ3) is 4.01. The van der Waals surface area contributed by atoms with Gasteiger partial charge in [0.1, 0.15) is 11.5 Å². The lowest BCUT2D eigenvalue weighted by atomic mass is 10.0. The normalized spacial score (nSPS) is 16.6. The van der Waals surface area contributed by atoms with E-state index in [0.29, 0.717) is 6.42 Å². The topological polar surface area (TPSA) is 38.8 Å². The summed E-state index contributed by atoms with van der Waals surface area (Å²) in [6.07, 6.45) is 3.32. The highest BCUT2D eigenvalue weighted by atomic mass is 16.5. The van der Waals surface area contributed by atoms with E-state index in [4.69, 9.17) is 9.47 Å². The van der Waals surface area contributed by atoms with Crippen LogP contribution in [0.3, 0.4) is 0 Å². The Morgan fingerprint density at radius 2 is 2.00 bits per heavy atom. The summed E-state index contributed by atoms with van der Waals surface area (Å²) in [5.41, 5.74) is 3.52. The van der Waals surface area contributed by atoms with E-state index in [9.17, 15) is 4.79 Å². The number of hydrogen-bond acceptors (Lipinski definition) is 3. The lowest BCUT2D eigenvalue weighted by molar-refractivity contribution is -0.132. The predicted molar refractivity (Wildman–Crippen MR) is 103 cm³/mol. The maximum atomic E-state index is 12.9. The predicted octanol–water partition coefficient (Wildman–Crippen LogP) is 4.31. The Labute approximate surface area is 155 Å². The van der Waals surface area contributed by atoms with Crippen LogP contribution in [0.15, 0.2) is 42.5 Å². The van der Waals surface area contributed by atoms with Crippen molar-refractivity contribution in [3.63, 3.8) is 0 Å². The SMILES string of the molecule is COc1ccc(C2CCCN2C(=O)CCc2cccc(C)c2)c(OC)c1. The summed E-state index contributed by atoms with van der Waals surface area (Å²) >= 11 is 0. The lowest BCUT2D eigenvalue weighted by Gasteiger charge is -2.26. The molecule has 1 aliphatic rings. The van der Waals surface area contributed by atoms with Crippen molar-refractivity contribution in [1.82, 2.24) is 4.90 Å². The Morgan fingerprint density at radius 1 is 1.15 bits per heavy atom. The molecule has 0 aliphatic carbocycles. The van der Waals surface area contributed by atoms with Gasteiger partial charge in [-0.1, -0.05) is 29.8 Å². The second kappa shape index (κ2) is 8.26. The van der Waals surface area contributed by atoms with Crippen LogP contribution in [-0.4, -0.2) is 31.6 Å². The molecule has 0 aromatic heterocycles. The van der Waals surface area contributed by atoms with E-state index < -0.39 is 0 Å². The maximum absolute atomic E-state index is 12.9. The van der Waals surface area contributed by atoms with E-state index in [2.05, 4.69) is 31.2 Å². The Bertz CT molecular complexity index is 772. The summed E-state index contributed by atoms with van der Waals surface area (Å²) in [6.45, 7) is 2.89. The smallest absolute Gasteiger partial charge is 0.223 e. The van der Waals surface area contributed by atoms with Gasteiger partial charge >= 0.3 is 0 Å². The van der Waals surface area contributed by atoms with Crippen molar-refractivity contribution < 1.29 is 14.3 Å². The first kappa shape index (κ1) is 18.3. The van der Waals surface area contributed by atoms with Crippen molar-refractivity contribution in [3.8, 4) is 11.5 Å². The van der Waals surface area contributed by atoms with Crippen LogP contribution in [0.25, 0.3) is 0 Å². The Morgan fingerprint density at radius 3 is 2.73 bits per heavy atom. The summed E-state index contributed by atoms with van der Waals surface area (Å²) in [7, 11) is 3.31. The zero-order valence-electron chi connectivity index (χ0n) is 15.8. The number of amides is 1. The zero-order valence-corrected chi connectivity index (χ0v) is 15.8. The number of hydrogen-bond donors (Lipinski definition) is 0. The number of carbonyl (C=O) groups excluding carboxylic acids is 1. The van der Waals surface area contributed by atoms with Gasteiger partial charge in [-0.05, 0) is 43.9 Å². The first-order chi connectivity index (χ1) is 12.6. The monoisotopic (exact) mass is 353 g/mol. The number of methoxy groups -OCH3 is 2. The van der Waals surface area contributed by atoms with Crippen LogP contribution in [0.1, 0.15) is 42.0 Å². The molecule has 26 heavy (non-hydrogen) atoms. The molecule has 0 spiro atoms. The van der Waals surface area contributed by atoms with Gasteiger partial charge in [-0.3, -0.25) is 4.79 Å². The summed E-state index contributed by atoms with van der Waals surface area (Å²) in [5, 5.41) is 0. The molecule has 0 radical (unpaired) electrons. The van der Waals surface area contributed by atoms with Gasteiger partial charge in [0.15, 0.2) is 0 Å². The molecule has 0 bridgehead atoms. The molecule has 0 saturated carbocycles. The number of benzene rings is 2. The molecule has 1 fully saturated rings. The molecule has 3 rings (SSSR count). The van der Waals surface area contributed by atoms with Gasteiger partial charge in [0.2, 0.25) is 5.91 Å². The largest absolute Gasteiger partial charge is 0.497 e. The van der Waals surface area contributed by atoms with Gasteiger partial charge in [-0.25, -0.2) is 0 Å². The molecule has 138 valence electrons. The highest BCUT2D eigenvalue weighted by molar-refractivity contribution is 5.77. The van der Waals surface area contributed by atoms with Crippen molar-refractivity contribution in [2.75, 3.05) is 20.8 Å². The molecule has 4 heteroatoms. The van der Waals surface area contributed by atoms with Crippen LogP contribution >= 0.6 is 0 Å². The van der Waals surface area contributed by atoms with E-state index in [1.54, 1.807) is 14.2 Å². The third-order valence-corrected chi connectivity index (χ3v) is 5.08. The molecule has 0 N–H and O–H groups in total. The highest BCUT2D eigenvalue weighted by Crippen LogP contribution is 2.39. The molecule has 2 aromatic carbocycles. The molecular weight excluding hydrogens is 326 g/mol. The quantitative estimate of drug-likeness (QED) is 0.777. The minimum atomic E-state index is 0.0841. The summed E-state index contributed by atoms with van der Waals surface area (Å²) in [5.74, 6) is 1.76. The molecule has 1 unspecified atom stereocenters. The highest BCUT2D eigenvalue weighted by Gasteiger charge is 2.31. The van der Waals surface area contributed by atoms with Gasteiger partial charge in [0, 0.05) is 24.6 Å². The van der Waals surface area contributed by atoms with Gasteiger partial charge in [0.25, 0.3) is 0 Å². The van der Waals surface area contributed by atoms with Crippen LogP contribution in [0, 0.1) is 6.92 Å². The van der Waals surface area contributed by atoms with E-state index >= 15 is 0 Å². The fourth-order valence-corrected chi connectivity index (χ4v) is 3.74. The van der Waals surface area contributed by atoms with E-state index in [-0.39, 0.29) is 11.9 Å². The summed E-state index contributed by atoms with van der Waals surface area (Å²) < 4.78 is 10.8. The lowest BCUT2D eigenvalue weighted by Crippen LogP contribution is -2.30. The fraction of sp³-hybridized carbons (Fsp3) is 0.409. The number of carbonyl (C=O) groups is 1. The fourth-order valence-electron chi connectivity index (χ4n) is 3.74. The van der Waals surface area contributed by atoms with Crippen molar-refractivity contribution in [2.45, 2.75) is 38.6 Å². The van der Waals surface area contributed by atoms with Crippen LogP contribution in [0.2, 0.25) is 0 Å². The van der Waals surface area contributed by atoms with Crippen LogP contribution in [0.4, 0.5) is 0 Å². The van der Waals surface area contributed by atoms with Crippen molar-refractivity contribution in [1.29, 1.82) is 0 Å². The number of nitrogens with zero attached hydrogens (tertiary/aromatic N) is 1. The number of likely N-dealkylation sites (tertiary alicyclic amines) is 1. The molecule has 1 atom stereocenters. The van der Waals surface area contributed by atoms with E-state index in [0.717, 1.165) is 42.9 Å². The van der Waals surface area contributed by atoms with Crippen LogP contribution in [0.5, 0.6) is 11.5 Å². The Balaban J connectivity index is 1.72. The molecular formula is C22H27NO3. The zero-order chi connectivity index (χ0) is 18.5. The van der Waals surface area contributed by atoms with E-state index in [1.807, 2.05) is 23.1 Å². The second-order valence-corrected chi connectivity index (χ2v) is 6.84. The van der Waals surface area contributed by atoms with Gasteiger partial charge in [-0.2, -0.15) is 0 Å². The third-order valence-electron chi connectivity index (χ3n) is 5.08. The van der Waals surface area contributed by atoms with Crippen LogP contribution in [-0.2, 0) is 11.2 Å². The van der Waals surface area contributed by atoms with Gasteiger partial charge in [0.05, 0.1) is 20.3 Å². The van der Waals surface area contributed by atoms with Crippen molar-refractivity contribution in [2.24, 2.45) is 0 Å². The number of aryl methyl sites for hydroxylation is 2. The molecule has 1 aliphatic heterocycles. The maximum Gasteiger partial charge on any atom is 0.223 e. The standard InChI is InChI=1S/C22H27NO3/c1-16-6-4-7-17(14-16)9-12-22(24)23-13-5-8-20(23)19-11-10-18(25-2)15-21(19)26-3/h4,6-7,10-11,14-15,20H,5,8-9,12-13H2,1-3H3. The van der Waals surface area contributed by atoms with Crippen molar-refractivity contribution in [3.05, 3.63) is 59.2 Å². The van der Waals surface area contributed by atoms with Crippen LogP contribution < -0.4 is 9.47 Å². The minimum Gasteiger partial charge on any atom is -0.497 e. The van der Waals surface area contributed by atoms with Gasteiger partial charge < -0.3 is 14.4 Å².